The highest BCUT2D eigenvalue weighted by atomic mass is 31.2. The Bertz CT molecular complexity index is 71.4. The molecular weight excluding hydrogens is 155 g/mol. The van der Waals surface area contributed by atoms with Gasteiger partial charge in [0.05, 0.1) is 24.6 Å². The Morgan fingerprint density at radius 3 is 1.27 bits per heavy atom. The maximum atomic E-state index is 2.37. The van der Waals surface area contributed by atoms with E-state index in [4.69, 9.17) is 0 Å². The summed E-state index contributed by atoms with van der Waals surface area (Å²) < 4.78 is 0. The normalized spacial score (nSPS) is 10.9. The highest BCUT2D eigenvalue weighted by Gasteiger charge is 2.28. The van der Waals surface area contributed by atoms with Crippen molar-refractivity contribution in [1.29, 1.82) is 0 Å². The molecule has 0 saturated carbocycles. The monoisotopic (exact) mass is 178 g/mol. The summed E-state index contributed by atoms with van der Waals surface area (Å²) in [6, 6.07) is 0. The van der Waals surface area contributed by atoms with E-state index in [9.17, 15) is 0 Å². The summed E-state index contributed by atoms with van der Waals surface area (Å²) in [5.74, 6) is 0. The van der Waals surface area contributed by atoms with Crippen LogP contribution in [0.15, 0.2) is 0 Å². The Labute approximate surface area is 72.2 Å². The van der Waals surface area contributed by atoms with Gasteiger partial charge < -0.3 is 5.48 Å². The molecule has 0 heterocycles. The highest BCUT2D eigenvalue weighted by Crippen LogP contribution is 2.57. The Hall–Kier alpha value is 0.390. The largest absolute Gasteiger partial charge is 0.870 e. The molecule has 2 heteroatoms. The van der Waals surface area contributed by atoms with E-state index >= 15 is 0 Å². The zero-order chi connectivity index (χ0) is 8.04. The lowest BCUT2D eigenvalue weighted by Crippen LogP contribution is -2.06. The molecule has 0 bridgehead atoms. The van der Waals surface area contributed by atoms with Crippen LogP contribution < -0.4 is 0 Å². The molecule has 0 aliphatic heterocycles. The van der Waals surface area contributed by atoms with Crippen LogP contribution in [-0.2, 0) is 0 Å². The van der Waals surface area contributed by atoms with Gasteiger partial charge in [0.1, 0.15) is 0 Å². The van der Waals surface area contributed by atoms with Crippen LogP contribution in [0.5, 0.6) is 0 Å². The molecule has 0 unspecified atom stereocenters. The lowest BCUT2D eigenvalue weighted by molar-refractivity contribution is 0.824. The standard InChI is InChI=1S/C9H22P.H2O/c1-5-9-10(6-2,7-3)8-4;/h5-9H2,1-4H3;1H2/q+1;/p-1. The molecule has 0 aromatic carbocycles. The van der Waals surface area contributed by atoms with Crippen LogP contribution >= 0.6 is 7.26 Å². The summed E-state index contributed by atoms with van der Waals surface area (Å²) >= 11 is 0. The van der Waals surface area contributed by atoms with E-state index < -0.39 is 7.26 Å². The van der Waals surface area contributed by atoms with Crippen LogP contribution in [0.4, 0.5) is 0 Å². The molecule has 11 heavy (non-hydrogen) atoms. The first kappa shape index (κ1) is 13.9. The summed E-state index contributed by atoms with van der Waals surface area (Å²) in [6.07, 6.45) is 7.31. The topological polar surface area (TPSA) is 30.0 Å². The molecule has 0 fully saturated rings. The minimum absolute atomic E-state index is 0. The third-order valence-electron chi connectivity index (χ3n) is 2.71. The SMILES string of the molecule is CCC[P+](CC)(CC)CC.[OH-]. The van der Waals surface area contributed by atoms with E-state index in [0.29, 0.717) is 0 Å². The number of hydrogen-bond donors (Lipinski definition) is 0. The van der Waals surface area contributed by atoms with E-state index in [0.717, 1.165) is 0 Å². The van der Waals surface area contributed by atoms with Crippen LogP contribution in [0.25, 0.3) is 0 Å². The van der Waals surface area contributed by atoms with Gasteiger partial charge in [0, 0.05) is 7.26 Å². The predicted molar refractivity (Wildman–Crippen MR) is 55.6 cm³/mol. The Morgan fingerprint density at radius 1 is 0.818 bits per heavy atom. The lowest BCUT2D eigenvalue weighted by atomic mass is 10.6. The molecule has 0 aliphatic carbocycles. The Balaban J connectivity index is 0. The second-order valence-corrected chi connectivity index (χ2v) is 8.04. The summed E-state index contributed by atoms with van der Waals surface area (Å²) in [5, 5.41) is 0. The third kappa shape index (κ3) is 4.08. The smallest absolute Gasteiger partial charge is 0.0591 e. The molecule has 0 aromatic heterocycles. The fraction of sp³-hybridized carbons (Fsp3) is 1.00. The van der Waals surface area contributed by atoms with Crippen LogP contribution in [0, 0.1) is 0 Å². The van der Waals surface area contributed by atoms with Gasteiger partial charge in [0.25, 0.3) is 0 Å². The first-order valence-electron chi connectivity index (χ1n) is 4.59. The minimum atomic E-state index is -0.439. The fourth-order valence-electron chi connectivity index (χ4n) is 1.62. The van der Waals surface area contributed by atoms with Gasteiger partial charge >= 0.3 is 0 Å². The first-order valence-corrected chi connectivity index (χ1v) is 7.12. The zero-order valence-electron chi connectivity index (χ0n) is 8.43. The quantitative estimate of drug-likeness (QED) is 0.594. The van der Waals surface area contributed by atoms with Gasteiger partial charge in [0.2, 0.25) is 0 Å². The van der Waals surface area contributed by atoms with Crippen molar-refractivity contribution >= 4 is 7.26 Å². The summed E-state index contributed by atoms with van der Waals surface area (Å²) in [7, 11) is -0.439. The number of rotatable bonds is 5. The van der Waals surface area contributed by atoms with Crippen LogP contribution in [0.3, 0.4) is 0 Å². The second kappa shape index (κ2) is 7.06. The van der Waals surface area contributed by atoms with Crippen molar-refractivity contribution in [2.75, 3.05) is 24.6 Å². The van der Waals surface area contributed by atoms with Crippen LogP contribution in [0.2, 0.25) is 0 Å². The lowest BCUT2D eigenvalue weighted by Gasteiger charge is -2.22. The minimum Gasteiger partial charge on any atom is -0.870 e. The Morgan fingerprint density at radius 2 is 1.18 bits per heavy atom. The van der Waals surface area contributed by atoms with E-state index in [1.165, 1.54) is 31.1 Å². The summed E-state index contributed by atoms with van der Waals surface area (Å²) in [6.45, 7) is 9.43. The van der Waals surface area contributed by atoms with Crippen molar-refractivity contribution in [2.45, 2.75) is 34.1 Å². The van der Waals surface area contributed by atoms with Crippen molar-refractivity contribution in [1.82, 2.24) is 0 Å². The fourth-order valence-corrected chi connectivity index (χ4v) is 4.86. The first-order chi connectivity index (χ1) is 4.74. The molecule has 1 nitrogen and oxygen atoms in total. The van der Waals surface area contributed by atoms with Gasteiger partial charge in [-0.3, -0.25) is 0 Å². The molecule has 70 valence electrons. The van der Waals surface area contributed by atoms with Crippen LogP contribution in [0.1, 0.15) is 34.1 Å². The zero-order valence-corrected chi connectivity index (χ0v) is 9.32. The van der Waals surface area contributed by atoms with E-state index in [1.54, 1.807) is 0 Å². The summed E-state index contributed by atoms with van der Waals surface area (Å²) in [4.78, 5) is 0. The molecular formula is C9H23OP. The number of hydrogen-bond acceptors (Lipinski definition) is 1. The summed E-state index contributed by atoms with van der Waals surface area (Å²) in [5.41, 5.74) is 0. The van der Waals surface area contributed by atoms with Gasteiger partial charge in [-0.2, -0.15) is 0 Å². The van der Waals surface area contributed by atoms with E-state index in [2.05, 4.69) is 27.7 Å². The molecule has 0 spiro atoms. The molecule has 0 atom stereocenters. The Kier molecular flexibility index (Phi) is 8.95. The van der Waals surface area contributed by atoms with Gasteiger partial charge in [-0.25, -0.2) is 0 Å². The second-order valence-electron chi connectivity index (χ2n) is 3.01. The molecule has 0 aromatic rings. The molecule has 0 rings (SSSR count). The highest BCUT2D eigenvalue weighted by molar-refractivity contribution is 7.75. The third-order valence-corrected chi connectivity index (χ3v) is 8.13. The van der Waals surface area contributed by atoms with Crippen molar-refractivity contribution < 1.29 is 5.48 Å². The molecule has 0 aliphatic rings. The van der Waals surface area contributed by atoms with Gasteiger partial charge in [-0.1, -0.05) is 6.92 Å². The average Bonchev–Trinajstić information content (AvgIpc) is 2.01. The molecule has 0 amide bonds. The van der Waals surface area contributed by atoms with E-state index in [1.807, 2.05) is 0 Å². The molecule has 0 saturated heterocycles. The van der Waals surface area contributed by atoms with Crippen molar-refractivity contribution in [2.24, 2.45) is 0 Å². The maximum absolute atomic E-state index is 2.37. The maximum Gasteiger partial charge on any atom is 0.0591 e. The average molecular weight is 178 g/mol. The van der Waals surface area contributed by atoms with Gasteiger partial charge in [-0.05, 0) is 27.2 Å². The predicted octanol–water partition coefficient (Wildman–Crippen LogP) is 3.30. The van der Waals surface area contributed by atoms with Gasteiger partial charge in [-0.15, -0.1) is 0 Å². The van der Waals surface area contributed by atoms with E-state index in [-0.39, 0.29) is 5.48 Å². The van der Waals surface area contributed by atoms with Crippen molar-refractivity contribution in [3.8, 4) is 0 Å². The van der Waals surface area contributed by atoms with Crippen molar-refractivity contribution in [3.05, 3.63) is 0 Å². The molecule has 1 N–H and O–H groups in total. The van der Waals surface area contributed by atoms with Crippen molar-refractivity contribution in [3.63, 3.8) is 0 Å². The van der Waals surface area contributed by atoms with Gasteiger partial charge in [0.15, 0.2) is 0 Å². The van der Waals surface area contributed by atoms with Crippen LogP contribution in [-0.4, -0.2) is 30.1 Å². The molecule has 0 radical (unpaired) electrons.